The third-order valence-electron chi connectivity index (χ3n) is 5.75. The topological polar surface area (TPSA) is 90.0 Å². The summed E-state index contributed by atoms with van der Waals surface area (Å²) in [6.07, 6.45) is 1.69. The SMILES string of the molecule is COC(=O)c1ccc2c(c1)C(=CCN1C(=O)c3ccccc3S1(=O)=O)c1ccccc1CO2. The highest BCUT2D eigenvalue weighted by molar-refractivity contribution is 7.90. The zero-order valence-corrected chi connectivity index (χ0v) is 18.5. The van der Waals surface area contributed by atoms with E-state index in [1.54, 1.807) is 36.4 Å². The standard InChI is InChI=1S/C25H19NO6S/c1-31-25(28)16-10-11-22-21(14-16)19(18-7-3-2-6-17(18)15-32-22)12-13-26-24(27)20-8-4-5-9-23(20)33(26,29)30/h2-12,14H,13,15H2,1H3. The molecule has 33 heavy (non-hydrogen) atoms. The Morgan fingerprint density at radius 1 is 1.03 bits per heavy atom. The highest BCUT2D eigenvalue weighted by Gasteiger charge is 2.40. The minimum absolute atomic E-state index is 0.00591. The third kappa shape index (κ3) is 3.39. The third-order valence-corrected chi connectivity index (χ3v) is 7.56. The van der Waals surface area contributed by atoms with Crippen LogP contribution in [-0.4, -0.2) is 38.3 Å². The molecule has 0 bridgehead atoms. The molecule has 166 valence electrons. The zero-order valence-electron chi connectivity index (χ0n) is 17.6. The maximum atomic E-state index is 13.0. The average Bonchev–Trinajstić information content (AvgIpc) is 2.95. The molecular formula is C25H19NO6S. The number of hydrogen-bond donors (Lipinski definition) is 0. The lowest BCUT2D eigenvalue weighted by Crippen LogP contribution is -2.30. The Balaban J connectivity index is 1.63. The molecule has 2 aliphatic heterocycles. The molecule has 7 nitrogen and oxygen atoms in total. The summed E-state index contributed by atoms with van der Waals surface area (Å²) >= 11 is 0. The van der Waals surface area contributed by atoms with Crippen molar-refractivity contribution in [2.45, 2.75) is 11.5 Å². The minimum atomic E-state index is -3.95. The summed E-state index contributed by atoms with van der Waals surface area (Å²) in [5, 5.41) is 0. The molecule has 0 unspecified atom stereocenters. The number of amides is 1. The van der Waals surface area contributed by atoms with Crippen LogP contribution in [0.3, 0.4) is 0 Å². The van der Waals surface area contributed by atoms with E-state index in [4.69, 9.17) is 9.47 Å². The lowest BCUT2D eigenvalue weighted by molar-refractivity contribution is 0.0600. The zero-order chi connectivity index (χ0) is 23.2. The van der Waals surface area contributed by atoms with Gasteiger partial charge in [0.05, 0.1) is 24.8 Å². The molecule has 0 aromatic heterocycles. The van der Waals surface area contributed by atoms with Crippen molar-refractivity contribution in [3.8, 4) is 5.75 Å². The molecule has 0 spiro atoms. The van der Waals surface area contributed by atoms with Crippen molar-refractivity contribution in [1.82, 2.24) is 4.31 Å². The number of carbonyl (C=O) groups excluding carboxylic acids is 2. The summed E-state index contributed by atoms with van der Waals surface area (Å²) in [5.74, 6) is -0.518. The Hall–Kier alpha value is -3.91. The van der Waals surface area contributed by atoms with Gasteiger partial charge in [-0.3, -0.25) is 4.79 Å². The van der Waals surface area contributed by atoms with Crippen molar-refractivity contribution < 1.29 is 27.5 Å². The molecule has 0 N–H and O–H groups in total. The molecule has 0 aliphatic carbocycles. The van der Waals surface area contributed by atoms with Gasteiger partial charge in [-0.25, -0.2) is 17.5 Å². The largest absolute Gasteiger partial charge is 0.488 e. The molecule has 2 aliphatic rings. The molecule has 2 heterocycles. The number of hydrogen-bond acceptors (Lipinski definition) is 6. The number of esters is 1. The second-order valence-corrected chi connectivity index (χ2v) is 9.43. The van der Waals surface area contributed by atoms with E-state index in [9.17, 15) is 18.0 Å². The van der Waals surface area contributed by atoms with E-state index in [0.717, 1.165) is 15.4 Å². The lowest BCUT2D eigenvalue weighted by atomic mass is 9.93. The predicted molar refractivity (Wildman–Crippen MR) is 120 cm³/mol. The van der Waals surface area contributed by atoms with Gasteiger partial charge in [0, 0.05) is 5.56 Å². The lowest BCUT2D eigenvalue weighted by Gasteiger charge is -2.16. The molecule has 0 radical (unpaired) electrons. The normalized spacial score (nSPS) is 16.9. The van der Waals surface area contributed by atoms with Crippen LogP contribution in [0.25, 0.3) is 5.57 Å². The number of methoxy groups -OCH3 is 1. The fourth-order valence-electron chi connectivity index (χ4n) is 4.13. The fourth-order valence-corrected chi connectivity index (χ4v) is 5.63. The number of carbonyl (C=O) groups is 2. The number of rotatable bonds is 3. The number of benzene rings is 3. The van der Waals surface area contributed by atoms with Crippen LogP contribution in [0.15, 0.2) is 77.7 Å². The van der Waals surface area contributed by atoms with Crippen molar-refractivity contribution >= 4 is 27.5 Å². The summed E-state index contributed by atoms with van der Waals surface area (Å²) in [7, 11) is -2.65. The summed E-state index contributed by atoms with van der Waals surface area (Å²) in [6, 6.07) is 18.7. The first-order valence-electron chi connectivity index (χ1n) is 10.2. The maximum absolute atomic E-state index is 13.0. The molecule has 8 heteroatoms. The highest BCUT2D eigenvalue weighted by atomic mass is 32.2. The van der Waals surface area contributed by atoms with Crippen LogP contribution in [-0.2, 0) is 21.4 Å². The number of sulfonamides is 1. The van der Waals surface area contributed by atoms with Gasteiger partial charge in [0.2, 0.25) is 0 Å². The van der Waals surface area contributed by atoms with Gasteiger partial charge in [-0.2, -0.15) is 0 Å². The van der Waals surface area contributed by atoms with Gasteiger partial charge in [-0.05, 0) is 47.0 Å². The quantitative estimate of drug-likeness (QED) is 0.553. The molecule has 0 saturated heterocycles. The maximum Gasteiger partial charge on any atom is 0.337 e. The van der Waals surface area contributed by atoms with Gasteiger partial charge >= 0.3 is 5.97 Å². The fraction of sp³-hybridized carbons (Fsp3) is 0.120. The van der Waals surface area contributed by atoms with Crippen LogP contribution >= 0.6 is 0 Å². The van der Waals surface area contributed by atoms with Crippen LogP contribution in [0.1, 0.15) is 37.4 Å². The van der Waals surface area contributed by atoms with Crippen molar-refractivity contribution in [2.24, 2.45) is 0 Å². The molecule has 3 aromatic rings. The van der Waals surface area contributed by atoms with Crippen LogP contribution in [0.2, 0.25) is 0 Å². The van der Waals surface area contributed by atoms with Crippen molar-refractivity contribution in [3.63, 3.8) is 0 Å². The van der Waals surface area contributed by atoms with E-state index in [0.29, 0.717) is 29.1 Å². The van der Waals surface area contributed by atoms with Crippen LogP contribution < -0.4 is 4.74 Å². The summed E-state index contributed by atoms with van der Waals surface area (Å²) in [4.78, 5) is 25.0. The van der Waals surface area contributed by atoms with Gasteiger partial charge in [-0.15, -0.1) is 0 Å². The molecule has 1 amide bonds. The Bertz CT molecular complexity index is 1440. The first kappa shape index (κ1) is 21.0. The molecule has 0 atom stereocenters. The Morgan fingerprint density at radius 2 is 1.76 bits per heavy atom. The average molecular weight is 461 g/mol. The second kappa shape index (κ2) is 7.90. The molecule has 5 rings (SSSR count). The first-order valence-corrected chi connectivity index (χ1v) is 11.7. The van der Waals surface area contributed by atoms with E-state index in [2.05, 4.69) is 0 Å². The van der Waals surface area contributed by atoms with E-state index < -0.39 is 21.9 Å². The number of nitrogens with zero attached hydrogens (tertiary/aromatic N) is 1. The summed E-state index contributed by atoms with van der Waals surface area (Å²) in [6.45, 7) is 0.145. The van der Waals surface area contributed by atoms with Gasteiger partial charge in [-0.1, -0.05) is 42.5 Å². The molecule has 0 saturated carbocycles. The van der Waals surface area contributed by atoms with Crippen molar-refractivity contribution in [3.05, 3.63) is 101 Å². The monoisotopic (exact) mass is 461 g/mol. The molecule has 0 fully saturated rings. The second-order valence-electron chi connectivity index (χ2n) is 7.60. The van der Waals surface area contributed by atoms with Crippen LogP contribution in [0.4, 0.5) is 0 Å². The summed E-state index contributed by atoms with van der Waals surface area (Å²) in [5.41, 5.74) is 3.52. The van der Waals surface area contributed by atoms with Gasteiger partial charge < -0.3 is 9.47 Å². The van der Waals surface area contributed by atoms with E-state index in [1.807, 2.05) is 24.3 Å². The predicted octanol–water partition coefficient (Wildman–Crippen LogP) is 3.64. The van der Waals surface area contributed by atoms with E-state index in [-0.39, 0.29) is 17.0 Å². The number of fused-ring (bicyclic) bond motifs is 3. The van der Waals surface area contributed by atoms with Crippen molar-refractivity contribution in [1.29, 1.82) is 0 Å². The number of ether oxygens (including phenoxy) is 2. The highest BCUT2D eigenvalue weighted by Crippen LogP contribution is 2.38. The Morgan fingerprint density at radius 3 is 2.52 bits per heavy atom. The van der Waals surface area contributed by atoms with E-state index in [1.165, 1.54) is 19.2 Å². The smallest absolute Gasteiger partial charge is 0.337 e. The Labute approximate surface area is 190 Å². The minimum Gasteiger partial charge on any atom is -0.488 e. The van der Waals surface area contributed by atoms with Gasteiger partial charge in [0.15, 0.2) is 0 Å². The van der Waals surface area contributed by atoms with Crippen LogP contribution in [0, 0.1) is 0 Å². The molecular weight excluding hydrogens is 442 g/mol. The van der Waals surface area contributed by atoms with Gasteiger partial charge in [0.1, 0.15) is 17.3 Å². The van der Waals surface area contributed by atoms with Gasteiger partial charge in [0.25, 0.3) is 15.9 Å². The van der Waals surface area contributed by atoms with Crippen LogP contribution in [0.5, 0.6) is 5.75 Å². The Kier molecular flexibility index (Phi) is 5.02. The van der Waals surface area contributed by atoms with Crippen molar-refractivity contribution in [2.75, 3.05) is 13.7 Å². The first-order chi connectivity index (χ1) is 15.9. The molecule has 3 aromatic carbocycles. The van der Waals surface area contributed by atoms with E-state index >= 15 is 0 Å². The summed E-state index contributed by atoms with van der Waals surface area (Å²) < 4.78 is 37.7.